The van der Waals surface area contributed by atoms with Gasteiger partial charge in [-0.25, -0.2) is 0 Å². The van der Waals surface area contributed by atoms with Crippen molar-refractivity contribution in [1.82, 2.24) is 9.78 Å². The number of nitrogens with two attached hydrogens (primary N) is 1. The minimum Gasteiger partial charge on any atom is -0.321 e. The standard InChI is InChI=1S/C13H15N3O/c1-9(14)13(17)12-8-11(15-16(12)2)10-6-4-3-5-7-10/h3-9H,14H2,1-2H3. The van der Waals surface area contributed by atoms with E-state index in [0.717, 1.165) is 11.3 Å². The highest BCUT2D eigenvalue weighted by Crippen LogP contribution is 2.18. The minimum absolute atomic E-state index is 0.0952. The van der Waals surface area contributed by atoms with Crippen LogP contribution in [-0.4, -0.2) is 21.6 Å². The van der Waals surface area contributed by atoms with Gasteiger partial charge in [0.15, 0.2) is 5.78 Å². The zero-order chi connectivity index (χ0) is 12.4. The minimum atomic E-state index is -0.506. The molecule has 4 nitrogen and oxygen atoms in total. The molecular formula is C13H15N3O. The van der Waals surface area contributed by atoms with Crippen LogP contribution in [0, 0.1) is 0 Å². The molecule has 0 aliphatic carbocycles. The Balaban J connectivity index is 2.41. The van der Waals surface area contributed by atoms with Crippen LogP contribution in [0.3, 0.4) is 0 Å². The SMILES string of the molecule is CC(N)C(=O)c1cc(-c2ccccc2)nn1C. The molecule has 0 spiro atoms. The number of carbonyl (C=O) groups excluding carboxylic acids is 1. The molecule has 0 aliphatic heterocycles. The van der Waals surface area contributed by atoms with E-state index in [1.807, 2.05) is 30.3 Å². The normalized spacial score (nSPS) is 12.4. The molecule has 2 aromatic rings. The Bertz CT molecular complexity index is 529. The fourth-order valence-corrected chi connectivity index (χ4v) is 1.68. The number of hydrogen-bond donors (Lipinski definition) is 1. The van der Waals surface area contributed by atoms with Gasteiger partial charge in [-0.2, -0.15) is 5.10 Å². The van der Waals surface area contributed by atoms with Crippen LogP contribution in [-0.2, 0) is 7.05 Å². The van der Waals surface area contributed by atoms with Crippen LogP contribution in [0.5, 0.6) is 0 Å². The first-order valence-electron chi connectivity index (χ1n) is 5.49. The second kappa shape index (κ2) is 4.51. The molecule has 88 valence electrons. The molecule has 17 heavy (non-hydrogen) atoms. The van der Waals surface area contributed by atoms with Crippen LogP contribution in [0.1, 0.15) is 17.4 Å². The van der Waals surface area contributed by atoms with E-state index >= 15 is 0 Å². The van der Waals surface area contributed by atoms with Crippen molar-refractivity contribution in [2.75, 3.05) is 0 Å². The molecular weight excluding hydrogens is 214 g/mol. The molecule has 1 unspecified atom stereocenters. The number of Topliss-reactive ketones (excluding diaryl/α,β-unsaturated/α-hetero) is 1. The first kappa shape index (κ1) is 11.5. The van der Waals surface area contributed by atoms with Gasteiger partial charge in [0, 0.05) is 12.6 Å². The largest absolute Gasteiger partial charge is 0.321 e. The van der Waals surface area contributed by atoms with Crippen molar-refractivity contribution in [2.24, 2.45) is 12.8 Å². The highest BCUT2D eigenvalue weighted by atomic mass is 16.1. The summed E-state index contributed by atoms with van der Waals surface area (Å²) in [5, 5.41) is 4.32. The molecule has 0 saturated heterocycles. The predicted octanol–water partition coefficient (Wildman–Crippen LogP) is 1.62. The molecule has 1 heterocycles. The lowest BCUT2D eigenvalue weighted by molar-refractivity contribution is 0.0958. The van der Waals surface area contributed by atoms with E-state index in [9.17, 15) is 4.79 Å². The fourth-order valence-electron chi connectivity index (χ4n) is 1.68. The van der Waals surface area contributed by atoms with Gasteiger partial charge in [-0.05, 0) is 13.0 Å². The third-order valence-corrected chi connectivity index (χ3v) is 2.62. The molecule has 0 aliphatic rings. The molecule has 0 radical (unpaired) electrons. The third-order valence-electron chi connectivity index (χ3n) is 2.62. The van der Waals surface area contributed by atoms with Gasteiger partial charge in [0.2, 0.25) is 0 Å². The van der Waals surface area contributed by atoms with Crippen LogP contribution in [0.2, 0.25) is 0 Å². The van der Waals surface area contributed by atoms with E-state index in [1.165, 1.54) is 0 Å². The topological polar surface area (TPSA) is 60.9 Å². The van der Waals surface area contributed by atoms with Gasteiger partial charge in [-0.3, -0.25) is 9.48 Å². The Kier molecular flexibility index (Phi) is 3.06. The first-order chi connectivity index (χ1) is 8.09. The summed E-state index contributed by atoms with van der Waals surface area (Å²) >= 11 is 0. The summed E-state index contributed by atoms with van der Waals surface area (Å²) in [5.41, 5.74) is 7.92. The maximum absolute atomic E-state index is 11.8. The lowest BCUT2D eigenvalue weighted by atomic mass is 10.1. The summed E-state index contributed by atoms with van der Waals surface area (Å²) < 4.78 is 1.58. The van der Waals surface area contributed by atoms with E-state index in [0.29, 0.717) is 5.69 Å². The van der Waals surface area contributed by atoms with Gasteiger partial charge in [0.25, 0.3) is 0 Å². The van der Waals surface area contributed by atoms with Crippen molar-refractivity contribution in [3.8, 4) is 11.3 Å². The zero-order valence-electron chi connectivity index (χ0n) is 9.92. The molecule has 1 atom stereocenters. The number of benzene rings is 1. The summed E-state index contributed by atoms with van der Waals surface area (Å²) in [6.07, 6.45) is 0. The number of carbonyl (C=O) groups is 1. The van der Waals surface area contributed by atoms with Crippen molar-refractivity contribution in [1.29, 1.82) is 0 Å². The molecule has 0 amide bonds. The number of rotatable bonds is 3. The number of aromatic nitrogens is 2. The molecule has 1 aromatic carbocycles. The molecule has 0 fully saturated rings. The van der Waals surface area contributed by atoms with E-state index in [2.05, 4.69) is 5.10 Å². The molecule has 1 aromatic heterocycles. The van der Waals surface area contributed by atoms with Crippen molar-refractivity contribution < 1.29 is 4.79 Å². The van der Waals surface area contributed by atoms with Gasteiger partial charge < -0.3 is 5.73 Å². The summed E-state index contributed by atoms with van der Waals surface area (Å²) in [6, 6.07) is 11.0. The van der Waals surface area contributed by atoms with Gasteiger partial charge in [-0.15, -0.1) is 0 Å². The average molecular weight is 229 g/mol. The second-order valence-electron chi connectivity index (χ2n) is 4.06. The van der Waals surface area contributed by atoms with Crippen LogP contribution in [0.15, 0.2) is 36.4 Å². The fraction of sp³-hybridized carbons (Fsp3) is 0.231. The van der Waals surface area contributed by atoms with Gasteiger partial charge >= 0.3 is 0 Å². The zero-order valence-corrected chi connectivity index (χ0v) is 9.92. The lowest BCUT2D eigenvalue weighted by Gasteiger charge is -2.02. The molecule has 4 heteroatoms. The Morgan fingerprint density at radius 2 is 2.00 bits per heavy atom. The van der Waals surface area contributed by atoms with Crippen molar-refractivity contribution in [3.63, 3.8) is 0 Å². The van der Waals surface area contributed by atoms with Gasteiger partial charge in [0.1, 0.15) is 5.69 Å². The number of ketones is 1. The summed E-state index contributed by atoms with van der Waals surface area (Å²) in [4.78, 5) is 11.8. The highest BCUT2D eigenvalue weighted by Gasteiger charge is 2.17. The average Bonchev–Trinajstić information content (AvgIpc) is 2.71. The third kappa shape index (κ3) is 2.26. The Labute approximate surface area is 100 Å². The predicted molar refractivity (Wildman–Crippen MR) is 66.6 cm³/mol. The number of aryl methyl sites for hydroxylation is 1. The molecule has 0 saturated carbocycles. The van der Waals surface area contributed by atoms with Gasteiger partial charge in [0.05, 0.1) is 11.7 Å². The second-order valence-corrected chi connectivity index (χ2v) is 4.06. The summed E-state index contributed by atoms with van der Waals surface area (Å²) in [6.45, 7) is 1.68. The van der Waals surface area contributed by atoms with E-state index < -0.39 is 6.04 Å². The Hall–Kier alpha value is -1.94. The van der Waals surface area contributed by atoms with E-state index in [1.54, 1.807) is 24.7 Å². The van der Waals surface area contributed by atoms with Crippen LogP contribution < -0.4 is 5.73 Å². The monoisotopic (exact) mass is 229 g/mol. The van der Waals surface area contributed by atoms with Crippen molar-refractivity contribution in [3.05, 3.63) is 42.1 Å². The van der Waals surface area contributed by atoms with Crippen LogP contribution >= 0.6 is 0 Å². The Morgan fingerprint density at radius 1 is 1.35 bits per heavy atom. The molecule has 2 N–H and O–H groups in total. The summed E-state index contributed by atoms with van der Waals surface area (Å²) in [7, 11) is 1.75. The smallest absolute Gasteiger partial charge is 0.197 e. The maximum Gasteiger partial charge on any atom is 0.197 e. The number of nitrogens with zero attached hydrogens (tertiary/aromatic N) is 2. The lowest BCUT2D eigenvalue weighted by Crippen LogP contribution is -2.28. The quantitative estimate of drug-likeness (QED) is 0.813. The van der Waals surface area contributed by atoms with Crippen molar-refractivity contribution in [2.45, 2.75) is 13.0 Å². The molecule has 0 bridgehead atoms. The maximum atomic E-state index is 11.8. The first-order valence-corrected chi connectivity index (χ1v) is 5.49. The van der Waals surface area contributed by atoms with Gasteiger partial charge in [-0.1, -0.05) is 30.3 Å². The van der Waals surface area contributed by atoms with E-state index in [-0.39, 0.29) is 5.78 Å². The van der Waals surface area contributed by atoms with Crippen molar-refractivity contribution >= 4 is 5.78 Å². The Morgan fingerprint density at radius 3 is 2.59 bits per heavy atom. The molecule has 2 rings (SSSR count). The highest BCUT2D eigenvalue weighted by molar-refractivity contribution is 5.99. The van der Waals surface area contributed by atoms with Crippen LogP contribution in [0.4, 0.5) is 0 Å². The summed E-state index contributed by atoms with van der Waals surface area (Å²) in [5.74, 6) is -0.0952. The number of hydrogen-bond acceptors (Lipinski definition) is 3. The van der Waals surface area contributed by atoms with Crippen LogP contribution in [0.25, 0.3) is 11.3 Å². The van der Waals surface area contributed by atoms with E-state index in [4.69, 9.17) is 5.73 Å².